The van der Waals surface area contributed by atoms with Crippen molar-refractivity contribution in [1.29, 1.82) is 0 Å². The summed E-state index contributed by atoms with van der Waals surface area (Å²) in [6, 6.07) is 18.5. The molecule has 2 aromatic carbocycles. The van der Waals surface area contributed by atoms with Gasteiger partial charge in [0.2, 0.25) is 5.79 Å². The van der Waals surface area contributed by atoms with E-state index in [2.05, 4.69) is 40.2 Å². The predicted octanol–water partition coefficient (Wildman–Crippen LogP) is 4.86. The number of alkyl halides is 1. The molecular formula is C18H21BrO2. The molecule has 0 saturated carbocycles. The Balaban J connectivity index is 2.52. The Labute approximate surface area is 135 Å². The van der Waals surface area contributed by atoms with E-state index in [1.807, 2.05) is 44.2 Å². The summed E-state index contributed by atoms with van der Waals surface area (Å²) in [7, 11) is 0. The van der Waals surface area contributed by atoms with Crippen molar-refractivity contribution in [3.05, 3.63) is 71.3 Å². The molecule has 0 amide bonds. The van der Waals surface area contributed by atoms with Crippen molar-refractivity contribution >= 4 is 15.9 Å². The van der Waals surface area contributed by atoms with E-state index in [-0.39, 0.29) is 0 Å². The van der Waals surface area contributed by atoms with Crippen LogP contribution in [-0.4, -0.2) is 13.2 Å². The monoisotopic (exact) mass is 348 g/mol. The van der Waals surface area contributed by atoms with Crippen LogP contribution in [0.15, 0.2) is 54.6 Å². The van der Waals surface area contributed by atoms with Gasteiger partial charge in [-0.2, -0.15) is 0 Å². The van der Waals surface area contributed by atoms with Crippen molar-refractivity contribution in [2.24, 2.45) is 0 Å². The van der Waals surface area contributed by atoms with E-state index >= 15 is 0 Å². The van der Waals surface area contributed by atoms with Gasteiger partial charge in [-0.3, -0.25) is 0 Å². The van der Waals surface area contributed by atoms with Crippen LogP contribution in [0.1, 0.15) is 30.5 Å². The number of hydrogen-bond acceptors (Lipinski definition) is 2. The largest absolute Gasteiger partial charge is 0.342 e. The third-order valence-corrected chi connectivity index (χ3v) is 3.98. The SMILES string of the molecule is CCOC(OCC)(c1ccccc1)c1ccc(CBr)cc1. The van der Waals surface area contributed by atoms with Crippen molar-refractivity contribution in [3.8, 4) is 0 Å². The molecule has 2 nitrogen and oxygen atoms in total. The third kappa shape index (κ3) is 3.54. The molecule has 0 aliphatic heterocycles. The van der Waals surface area contributed by atoms with Gasteiger partial charge in [-0.1, -0.05) is 70.5 Å². The Kier molecular flexibility index (Phi) is 5.97. The maximum absolute atomic E-state index is 6.08. The van der Waals surface area contributed by atoms with Crippen molar-refractivity contribution in [3.63, 3.8) is 0 Å². The second kappa shape index (κ2) is 7.74. The molecular weight excluding hydrogens is 328 g/mol. The van der Waals surface area contributed by atoms with Crippen molar-refractivity contribution < 1.29 is 9.47 Å². The summed E-state index contributed by atoms with van der Waals surface area (Å²) in [4.78, 5) is 0. The molecule has 0 aliphatic rings. The van der Waals surface area contributed by atoms with Crippen LogP contribution >= 0.6 is 15.9 Å². The Morgan fingerprint density at radius 1 is 0.810 bits per heavy atom. The highest BCUT2D eigenvalue weighted by Crippen LogP contribution is 2.35. The van der Waals surface area contributed by atoms with Gasteiger partial charge in [0.25, 0.3) is 0 Å². The first-order valence-electron chi connectivity index (χ1n) is 7.25. The lowest BCUT2D eigenvalue weighted by atomic mass is 9.96. The van der Waals surface area contributed by atoms with E-state index in [1.54, 1.807) is 0 Å². The van der Waals surface area contributed by atoms with E-state index in [0.29, 0.717) is 13.2 Å². The molecule has 0 aromatic heterocycles. The lowest BCUT2D eigenvalue weighted by molar-refractivity contribution is -0.213. The highest BCUT2D eigenvalue weighted by molar-refractivity contribution is 9.08. The summed E-state index contributed by atoms with van der Waals surface area (Å²) in [6.45, 7) is 5.14. The van der Waals surface area contributed by atoms with Gasteiger partial charge in [-0.15, -0.1) is 0 Å². The molecule has 3 heteroatoms. The van der Waals surface area contributed by atoms with Crippen LogP contribution in [-0.2, 0) is 20.6 Å². The van der Waals surface area contributed by atoms with E-state index in [1.165, 1.54) is 5.56 Å². The molecule has 0 fully saturated rings. The first-order chi connectivity index (χ1) is 10.3. The summed E-state index contributed by atoms with van der Waals surface area (Å²) >= 11 is 3.48. The summed E-state index contributed by atoms with van der Waals surface area (Å²) in [6.07, 6.45) is 0. The number of halogens is 1. The Morgan fingerprint density at radius 2 is 1.33 bits per heavy atom. The summed E-state index contributed by atoms with van der Waals surface area (Å²) in [5, 5.41) is 0.842. The second-order valence-corrected chi connectivity index (χ2v) is 5.24. The molecule has 0 atom stereocenters. The highest BCUT2D eigenvalue weighted by atomic mass is 79.9. The molecule has 0 heterocycles. The molecule has 2 rings (SSSR count). The molecule has 0 bridgehead atoms. The maximum atomic E-state index is 6.08. The Morgan fingerprint density at radius 3 is 1.81 bits per heavy atom. The van der Waals surface area contributed by atoms with Crippen molar-refractivity contribution in [2.45, 2.75) is 25.0 Å². The average molecular weight is 349 g/mol. The van der Waals surface area contributed by atoms with Gasteiger partial charge >= 0.3 is 0 Å². The average Bonchev–Trinajstić information content (AvgIpc) is 2.55. The molecule has 0 aliphatic carbocycles. The van der Waals surface area contributed by atoms with Gasteiger partial charge in [0.15, 0.2) is 0 Å². The Bertz CT molecular complexity index is 531. The van der Waals surface area contributed by atoms with Gasteiger partial charge < -0.3 is 9.47 Å². The highest BCUT2D eigenvalue weighted by Gasteiger charge is 2.35. The lowest BCUT2D eigenvalue weighted by Gasteiger charge is -2.34. The molecule has 0 spiro atoms. The first-order valence-corrected chi connectivity index (χ1v) is 8.37. The van der Waals surface area contributed by atoms with Gasteiger partial charge in [0, 0.05) is 29.7 Å². The first kappa shape index (κ1) is 16.2. The lowest BCUT2D eigenvalue weighted by Crippen LogP contribution is -2.34. The molecule has 0 radical (unpaired) electrons. The van der Waals surface area contributed by atoms with Crippen LogP contribution < -0.4 is 0 Å². The van der Waals surface area contributed by atoms with E-state index in [9.17, 15) is 0 Å². The zero-order valence-corrected chi connectivity index (χ0v) is 14.1. The van der Waals surface area contributed by atoms with Gasteiger partial charge in [-0.25, -0.2) is 0 Å². The van der Waals surface area contributed by atoms with Crippen LogP contribution in [0, 0.1) is 0 Å². The van der Waals surface area contributed by atoms with Crippen molar-refractivity contribution in [1.82, 2.24) is 0 Å². The zero-order chi connectivity index (χ0) is 15.1. The topological polar surface area (TPSA) is 18.5 Å². The molecule has 0 saturated heterocycles. The van der Waals surface area contributed by atoms with E-state index in [4.69, 9.17) is 9.47 Å². The smallest absolute Gasteiger partial charge is 0.222 e. The summed E-state index contributed by atoms with van der Waals surface area (Å²) in [5.41, 5.74) is 3.26. The number of ether oxygens (including phenoxy) is 2. The maximum Gasteiger partial charge on any atom is 0.222 e. The normalized spacial score (nSPS) is 11.6. The standard InChI is InChI=1S/C18H21BrO2/c1-3-20-18(21-4-2,16-8-6-5-7-9-16)17-12-10-15(14-19)11-13-17/h5-13H,3-4,14H2,1-2H3. The quantitative estimate of drug-likeness (QED) is 0.525. The summed E-state index contributed by atoms with van der Waals surface area (Å²) < 4.78 is 12.2. The van der Waals surface area contributed by atoms with Crippen LogP contribution in [0.3, 0.4) is 0 Å². The minimum Gasteiger partial charge on any atom is -0.342 e. The zero-order valence-electron chi connectivity index (χ0n) is 12.5. The summed E-state index contributed by atoms with van der Waals surface area (Å²) in [5.74, 6) is -0.838. The second-order valence-electron chi connectivity index (χ2n) is 4.68. The fraction of sp³-hybridized carbons (Fsp3) is 0.333. The van der Waals surface area contributed by atoms with E-state index in [0.717, 1.165) is 16.5 Å². The van der Waals surface area contributed by atoms with E-state index < -0.39 is 5.79 Å². The molecule has 2 aromatic rings. The van der Waals surface area contributed by atoms with Crippen LogP contribution in [0.2, 0.25) is 0 Å². The third-order valence-electron chi connectivity index (χ3n) is 3.34. The molecule has 112 valence electrons. The minimum absolute atomic E-state index is 0.578. The number of hydrogen-bond donors (Lipinski definition) is 0. The van der Waals surface area contributed by atoms with Gasteiger partial charge in [0.05, 0.1) is 0 Å². The minimum atomic E-state index is -0.838. The number of rotatable bonds is 7. The van der Waals surface area contributed by atoms with Crippen LogP contribution in [0.25, 0.3) is 0 Å². The number of benzene rings is 2. The predicted molar refractivity (Wildman–Crippen MR) is 89.5 cm³/mol. The van der Waals surface area contributed by atoms with Gasteiger partial charge in [0.1, 0.15) is 0 Å². The van der Waals surface area contributed by atoms with Gasteiger partial charge in [-0.05, 0) is 19.4 Å². The molecule has 0 N–H and O–H groups in total. The van der Waals surface area contributed by atoms with Crippen LogP contribution in [0.5, 0.6) is 0 Å². The Hall–Kier alpha value is -1.16. The van der Waals surface area contributed by atoms with Crippen molar-refractivity contribution in [2.75, 3.05) is 13.2 Å². The molecule has 21 heavy (non-hydrogen) atoms. The molecule has 0 unspecified atom stereocenters. The fourth-order valence-corrected chi connectivity index (χ4v) is 2.79. The van der Waals surface area contributed by atoms with Crippen LogP contribution in [0.4, 0.5) is 0 Å². The fourth-order valence-electron chi connectivity index (χ4n) is 2.42.